The maximum Gasteiger partial charge on any atom is 0.135 e. The molecule has 0 aliphatic heterocycles. The van der Waals surface area contributed by atoms with Gasteiger partial charge in [0.25, 0.3) is 0 Å². The molecule has 0 saturated heterocycles. The van der Waals surface area contributed by atoms with Crippen molar-refractivity contribution in [1.29, 1.82) is 0 Å². The summed E-state index contributed by atoms with van der Waals surface area (Å²) in [7, 11) is 0. The van der Waals surface area contributed by atoms with E-state index in [0.717, 1.165) is 27.5 Å². The first-order chi connectivity index (χ1) is 28.2. The van der Waals surface area contributed by atoms with Crippen LogP contribution in [0.2, 0.25) is 0 Å². The molecular formula is C56H32O. The van der Waals surface area contributed by atoms with E-state index in [-0.39, 0.29) is 0 Å². The van der Waals surface area contributed by atoms with Gasteiger partial charge in [0.1, 0.15) is 11.2 Å². The van der Waals surface area contributed by atoms with Crippen molar-refractivity contribution >= 4 is 86.6 Å². The average Bonchev–Trinajstić information content (AvgIpc) is 3.65. The number of fused-ring (bicyclic) bond motifs is 3. The molecular weight excluding hydrogens is 689 g/mol. The van der Waals surface area contributed by atoms with Gasteiger partial charge in [-0.25, -0.2) is 0 Å². The van der Waals surface area contributed by atoms with E-state index in [1.54, 1.807) is 0 Å². The first-order valence-electron chi connectivity index (χ1n) is 19.7. The molecule has 0 amide bonds. The van der Waals surface area contributed by atoms with Crippen molar-refractivity contribution in [3.8, 4) is 44.5 Å². The minimum atomic E-state index is 0.905. The van der Waals surface area contributed by atoms with Gasteiger partial charge in [0.15, 0.2) is 0 Å². The van der Waals surface area contributed by atoms with Gasteiger partial charge in [-0.05, 0) is 146 Å². The van der Waals surface area contributed by atoms with E-state index in [1.807, 2.05) is 6.07 Å². The lowest BCUT2D eigenvalue weighted by atomic mass is 9.85. The van der Waals surface area contributed by atoms with E-state index in [2.05, 4.69) is 188 Å². The molecule has 0 N–H and O–H groups in total. The molecule has 262 valence electrons. The first-order valence-corrected chi connectivity index (χ1v) is 19.7. The van der Waals surface area contributed by atoms with Gasteiger partial charge in [-0.15, -0.1) is 0 Å². The van der Waals surface area contributed by atoms with Crippen LogP contribution in [-0.2, 0) is 0 Å². The Balaban J connectivity index is 1.08. The highest BCUT2D eigenvalue weighted by atomic mass is 16.3. The van der Waals surface area contributed by atoms with Gasteiger partial charge in [-0.2, -0.15) is 0 Å². The van der Waals surface area contributed by atoms with E-state index in [4.69, 9.17) is 4.42 Å². The van der Waals surface area contributed by atoms with Crippen LogP contribution in [-0.4, -0.2) is 0 Å². The predicted molar refractivity (Wildman–Crippen MR) is 243 cm³/mol. The van der Waals surface area contributed by atoms with Crippen LogP contribution in [0.3, 0.4) is 0 Å². The highest BCUT2D eigenvalue weighted by Gasteiger charge is 2.19. The number of rotatable bonds is 4. The average molecular weight is 721 g/mol. The number of benzene rings is 12. The van der Waals surface area contributed by atoms with E-state index in [1.165, 1.54) is 104 Å². The lowest BCUT2D eigenvalue weighted by molar-refractivity contribution is 0.669. The minimum absolute atomic E-state index is 0.905. The normalized spacial score (nSPS) is 12.2. The Bertz CT molecular complexity index is 3720. The Morgan fingerprint density at radius 3 is 1.40 bits per heavy atom. The third-order valence-corrected chi connectivity index (χ3v) is 12.5. The summed E-state index contributed by atoms with van der Waals surface area (Å²) < 4.78 is 6.28. The third kappa shape index (κ3) is 4.46. The van der Waals surface area contributed by atoms with Crippen LogP contribution >= 0.6 is 0 Å². The second-order valence-corrected chi connectivity index (χ2v) is 15.6. The largest absolute Gasteiger partial charge is 0.456 e. The van der Waals surface area contributed by atoms with Gasteiger partial charge in [-0.1, -0.05) is 158 Å². The first kappa shape index (κ1) is 30.8. The second-order valence-electron chi connectivity index (χ2n) is 15.6. The van der Waals surface area contributed by atoms with E-state index in [0.29, 0.717) is 0 Å². The predicted octanol–water partition coefficient (Wildman–Crippen LogP) is 16.0. The zero-order valence-electron chi connectivity index (χ0n) is 30.9. The maximum absolute atomic E-state index is 6.28. The van der Waals surface area contributed by atoms with E-state index < -0.39 is 0 Å². The third-order valence-electron chi connectivity index (χ3n) is 12.5. The molecule has 0 saturated carbocycles. The van der Waals surface area contributed by atoms with Gasteiger partial charge in [0, 0.05) is 10.8 Å². The highest BCUT2D eigenvalue weighted by Crippen LogP contribution is 2.45. The molecule has 0 atom stereocenters. The number of hydrogen-bond acceptors (Lipinski definition) is 1. The van der Waals surface area contributed by atoms with Crippen LogP contribution in [0.25, 0.3) is 131 Å². The van der Waals surface area contributed by atoms with Gasteiger partial charge >= 0.3 is 0 Å². The van der Waals surface area contributed by atoms with Gasteiger partial charge < -0.3 is 4.42 Å². The highest BCUT2D eigenvalue weighted by molar-refractivity contribution is 6.27. The summed E-state index contributed by atoms with van der Waals surface area (Å²) in [6, 6.07) is 71.9. The number of hydrogen-bond donors (Lipinski definition) is 0. The summed E-state index contributed by atoms with van der Waals surface area (Å²) in [5, 5.41) is 17.8. The molecule has 0 aliphatic carbocycles. The van der Waals surface area contributed by atoms with Crippen molar-refractivity contribution in [2.24, 2.45) is 0 Å². The molecule has 1 aromatic heterocycles. The SMILES string of the molecule is c1ccc(-c2ccc3ccc4cccc5ccc2c3c45)c(-c2cc(-c3ccc4oc5ccccc5c4c3)cc(-c3ccc4ccc5cccc6ccc3c4c56)c2)c1. The molecule has 57 heavy (non-hydrogen) atoms. The van der Waals surface area contributed by atoms with Crippen molar-refractivity contribution in [2.75, 3.05) is 0 Å². The summed E-state index contributed by atoms with van der Waals surface area (Å²) in [5.74, 6) is 0. The maximum atomic E-state index is 6.28. The number of furan rings is 1. The van der Waals surface area contributed by atoms with Crippen LogP contribution in [0, 0.1) is 0 Å². The molecule has 0 aliphatic rings. The molecule has 0 fully saturated rings. The standard InChI is InChI=1S/C56H32O/c1-2-12-45(46-25-20-38-18-16-34-8-6-10-36-22-27-49(46)56(38)54(34)36)43(11-1)41-29-40(39-23-28-52-50(32-39)47-13-3-4-14-51(47)57-52)30-42(31-41)44-24-19-37-17-15-33-7-5-9-35-21-26-48(44)55(37)53(33)35/h1-32H. The van der Waals surface area contributed by atoms with Crippen LogP contribution in [0.4, 0.5) is 0 Å². The van der Waals surface area contributed by atoms with Crippen LogP contribution in [0.5, 0.6) is 0 Å². The quantitative estimate of drug-likeness (QED) is 0.165. The molecule has 1 nitrogen and oxygen atoms in total. The fraction of sp³-hybridized carbons (Fsp3) is 0. The Morgan fingerprint density at radius 1 is 0.228 bits per heavy atom. The van der Waals surface area contributed by atoms with E-state index >= 15 is 0 Å². The van der Waals surface area contributed by atoms with Gasteiger partial charge in [-0.3, -0.25) is 0 Å². The molecule has 13 aromatic rings. The van der Waals surface area contributed by atoms with Gasteiger partial charge in [0.05, 0.1) is 0 Å². The molecule has 0 spiro atoms. The molecule has 0 unspecified atom stereocenters. The molecule has 1 heterocycles. The fourth-order valence-electron chi connectivity index (χ4n) is 9.94. The zero-order valence-corrected chi connectivity index (χ0v) is 30.9. The van der Waals surface area contributed by atoms with Crippen molar-refractivity contribution < 1.29 is 4.42 Å². The molecule has 0 radical (unpaired) electrons. The van der Waals surface area contributed by atoms with Crippen molar-refractivity contribution in [3.63, 3.8) is 0 Å². The van der Waals surface area contributed by atoms with Crippen molar-refractivity contribution in [2.45, 2.75) is 0 Å². The monoisotopic (exact) mass is 720 g/mol. The molecule has 13 rings (SSSR count). The Kier molecular flexibility index (Phi) is 6.23. The summed E-state index contributed by atoms with van der Waals surface area (Å²) in [4.78, 5) is 0. The van der Waals surface area contributed by atoms with Gasteiger partial charge in [0.2, 0.25) is 0 Å². The number of para-hydroxylation sites is 1. The summed E-state index contributed by atoms with van der Waals surface area (Å²) in [6.45, 7) is 0. The minimum Gasteiger partial charge on any atom is -0.456 e. The lowest BCUT2D eigenvalue weighted by Gasteiger charge is -2.18. The summed E-state index contributed by atoms with van der Waals surface area (Å²) in [5.41, 5.74) is 11.5. The lowest BCUT2D eigenvalue weighted by Crippen LogP contribution is -1.92. The molecule has 1 heteroatoms. The summed E-state index contributed by atoms with van der Waals surface area (Å²) >= 11 is 0. The second kappa shape index (κ2) is 11.5. The zero-order chi connectivity index (χ0) is 37.2. The van der Waals surface area contributed by atoms with Crippen LogP contribution < -0.4 is 0 Å². The van der Waals surface area contributed by atoms with Crippen molar-refractivity contribution in [1.82, 2.24) is 0 Å². The molecule has 0 bridgehead atoms. The Labute approximate surface area is 328 Å². The van der Waals surface area contributed by atoms with Crippen LogP contribution in [0.15, 0.2) is 199 Å². The Morgan fingerprint density at radius 2 is 0.719 bits per heavy atom. The molecule has 12 aromatic carbocycles. The Hall–Kier alpha value is -7.48. The smallest absolute Gasteiger partial charge is 0.135 e. The fourth-order valence-corrected chi connectivity index (χ4v) is 9.94. The van der Waals surface area contributed by atoms with Crippen LogP contribution in [0.1, 0.15) is 0 Å². The summed E-state index contributed by atoms with van der Waals surface area (Å²) in [6.07, 6.45) is 0. The van der Waals surface area contributed by atoms with Crippen molar-refractivity contribution in [3.05, 3.63) is 194 Å². The van der Waals surface area contributed by atoms with E-state index in [9.17, 15) is 0 Å². The topological polar surface area (TPSA) is 13.1 Å².